The zero-order valence-corrected chi connectivity index (χ0v) is 18.3. The number of halogens is 1. The highest BCUT2D eigenvalue weighted by molar-refractivity contribution is 7.80. The van der Waals surface area contributed by atoms with Gasteiger partial charge in [0.05, 0.1) is 12.1 Å². The number of para-hydroxylation sites is 1. The van der Waals surface area contributed by atoms with Crippen molar-refractivity contribution in [3.63, 3.8) is 0 Å². The molecule has 0 spiro atoms. The van der Waals surface area contributed by atoms with Gasteiger partial charge in [-0.1, -0.05) is 30.3 Å². The number of rotatable bonds is 5. The Morgan fingerprint density at radius 1 is 1.00 bits per heavy atom. The van der Waals surface area contributed by atoms with E-state index < -0.39 is 0 Å². The Morgan fingerprint density at radius 3 is 2.48 bits per heavy atom. The van der Waals surface area contributed by atoms with E-state index in [1.54, 1.807) is 18.2 Å². The second kappa shape index (κ2) is 8.91. The molecule has 0 saturated heterocycles. The molecule has 0 saturated carbocycles. The van der Waals surface area contributed by atoms with E-state index in [9.17, 15) is 9.18 Å². The van der Waals surface area contributed by atoms with Crippen LogP contribution in [-0.2, 0) is 13.1 Å². The number of H-pyrrole nitrogens is 1. The predicted molar refractivity (Wildman–Crippen MR) is 129 cm³/mol. The molecular formula is C25H20FN3O3S. The van der Waals surface area contributed by atoms with Crippen molar-refractivity contribution >= 4 is 33.9 Å². The van der Waals surface area contributed by atoms with Crippen LogP contribution in [-0.4, -0.2) is 21.8 Å². The number of nitrogens with one attached hydrogen (secondary N) is 2. The number of anilines is 1. The number of aromatic nitrogens is 1. The van der Waals surface area contributed by atoms with Crippen LogP contribution in [0, 0.1) is 5.82 Å². The highest BCUT2D eigenvalue weighted by Crippen LogP contribution is 2.35. The number of fused-ring (bicyclic) bond motifs is 2. The average molecular weight is 462 g/mol. The van der Waals surface area contributed by atoms with Crippen LogP contribution in [0.5, 0.6) is 11.5 Å². The Hall–Kier alpha value is -3.91. The fourth-order valence-corrected chi connectivity index (χ4v) is 3.94. The molecule has 1 aliphatic heterocycles. The van der Waals surface area contributed by atoms with E-state index in [0.29, 0.717) is 34.2 Å². The van der Waals surface area contributed by atoms with Gasteiger partial charge in [-0.25, -0.2) is 4.39 Å². The summed E-state index contributed by atoms with van der Waals surface area (Å²) in [6, 6.07) is 21.2. The van der Waals surface area contributed by atoms with Gasteiger partial charge in [-0.3, -0.25) is 4.79 Å². The first-order valence-electron chi connectivity index (χ1n) is 10.4. The van der Waals surface area contributed by atoms with E-state index in [1.165, 1.54) is 12.1 Å². The van der Waals surface area contributed by atoms with Crippen molar-refractivity contribution in [2.75, 3.05) is 12.1 Å². The van der Waals surface area contributed by atoms with Crippen molar-refractivity contribution in [3.05, 3.63) is 100 Å². The zero-order chi connectivity index (χ0) is 22.8. The monoisotopic (exact) mass is 461 g/mol. The standard InChI is InChI=1S/C25H20FN3O3S/c26-19-8-6-16(7-9-19)13-29(25(33)27-20-4-2-1-3-5-20)14-18-10-17-11-22-23(32-15-31-22)12-21(17)28-24(18)30/h1-12H,13-15H2,(H,27,33)(H,28,30). The van der Waals surface area contributed by atoms with Gasteiger partial charge in [0.15, 0.2) is 16.6 Å². The number of thiocarbonyl (C=S) groups is 1. The predicted octanol–water partition coefficient (Wildman–Crippen LogP) is 4.80. The van der Waals surface area contributed by atoms with Crippen molar-refractivity contribution in [3.8, 4) is 11.5 Å². The maximum Gasteiger partial charge on any atom is 0.253 e. The Kier molecular flexibility index (Phi) is 5.66. The Bertz CT molecular complexity index is 1370. The first kappa shape index (κ1) is 21.0. The fourth-order valence-electron chi connectivity index (χ4n) is 3.70. The van der Waals surface area contributed by atoms with Crippen molar-refractivity contribution < 1.29 is 13.9 Å². The summed E-state index contributed by atoms with van der Waals surface area (Å²) >= 11 is 5.68. The van der Waals surface area contributed by atoms with Crippen molar-refractivity contribution in [1.29, 1.82) is 0 Å². The number of aromatic amines is 1. The van der Waals surface area contributed by atoms with Gasteiger partial charge in [0, 0.05) is 29.2 Å². The smallest absolute Gasteiger partial charge is 0.253 e. The number of hydrogen-bond acceptors (Lipinski definition) is 4. The number of ether oxygens (including phenoxy) is 2. The van der Waals surface area contributed by atoms with Crippen LogP contribution in [0.15, 0.2) is 77.6 Å². The molecule has 5 rings (SSSR count). The van der Waals surface area contributed by atoms with Crippen LogP contribution in [0.25, 0.3) is 10.9 Å². The lowest BCUT2D eigenvalue weighted by molar-refractivity contribution is 0.174. The maximum atomic E-state index is 13.4. The summed E-state index contributed by atoms with van der Waals surface area (Å²) in [4.78, 5) is 17.7. The third-order valence-electron chi connectivity index (χ3n) is 5.37. The molecule has 2 N–H and O–H groups in total. The summed E-state index contributed by atoms with van der Waals surface area (Å²) < 4.78 is 24.3. The molecule has 3 aromatic carbocycles. The number of pyridine rings is 1. The lowest BCUT2D eigenvalue weighted by Crippen LogP contribution is -2.35. The van der Waals surface area contributed by atoms with Crippen LogP contribution in [0.3, 0.4) is 0 Å². The third-order valence-corrected chi connectivity index (χ3v) is 5.73. The molecule has 1 aromatic heterocycles. The number of nitrogens with zero attached hydrogens (tertiary/aromatic N) is 1. The lowest BCUT2D eigenvalue weighted by atomic mass is 10.1. The maximum absolute atomic E-state index is 13.4. The topological polar surface area (TPSA) is 66.6 Å². The fraction of sp³-hybridized carbons (Fsp3) is 0.120. The first-order valence-corrected chi connectivity index (χ1v) is 10.8. The minimum absolute atomic E-state index is 0.160. The quantitative estimate of drug-likeness (QED) is 0.417. The minimum Gasteiger partial charge on any atom is -0.454 e. The summed E-state index contributed by atoms with van der Waals surface area (Å²) in [6.45, 7) is 0.820. The number of hydrogen-bond donors (Lipinski definition) is 2. The summed E-state index contributed by atoms with van der Waals surface area (Å²) in [5.74, 6) is 0.946. The summed E-state index contributed by atoms with van der Waals surface area (Å²) in [5, 5.41) is 4.50. The van der Waals surface area contributed by atoms with Crippen LogP contribution in [0.2, 0.25) is 0 Å². The van der Waals surface area contributed by atoms with Gasteiger partial charge in [-0.15, -0.1) is 0 Å². The first-order chi connectivity index (χ1) is 16.0. The lowest BCUT2D eigenvalue weighted by Gasteiger charge is -2.26. The second-order valence-corrected chi connectivity index (χ2v) is 8.08. The second-order valence-electron chi connectivity index (χ2n) is 7.70. The molecule has 1 aliphatic rings. The summed E-state index contributed by atoms with van der Waals surface area (Å²) in [7, 11) is 0. The molecule has 2 heterocycles. The van der Waals surface area contributed by atoms with Gasteiger partial charge in [0.1, 0.15) is 5.82 Å². The third kappa shape index (κ3) is 4.65. The molecule has 4 aromatic rings. The van der Waals surface area contributed by atoms with Gasteiger partial charge < -0.3 is 24.7 Å². The molecule has 33 heavy (non-hydrogen) atoms. The Morgan fingerprint density at radius 2 is 1.73 bits per heavy atom. The summed E-state index contributed by atoms with van der Waals surface area (Å²) in [5.41, 5.74) is 2.71. The molecule has 0 atom stereocenters. The van der Waals surface area contributed by atoms with Crippen molar-refractivity contribution in [1.82, 2.24) is 9.88 Å². The molecule has 166 valence electrons. The van der Waals surface area contributed by atoms with Crippen LogP contribution < -0.4 is 20.3 Å². The highest BCUT2D eigenvalue weighted by atomic mass is 32.1. The highest BCUT2D eigenvalue weighted by Gasteiger charge is 2.18. The van der Waals surface area contributed by atoms with Gasteiger partial charge in [-0.05, 0) is 54.2 Å². The molecule has 8 heteroatoms. The molecular weight excluding hydrogens is 441 g/mol. The van der Waals surface area contributed by atoms with E-state index in [-0.39, 0.29) is 24.7 Å². The molecule has 6 nitrogen and oxygen atoms in total. The molecule has 0 bridgehead atoms. The molecule has 0 aliphatic carbocycles. The zero-order valence-electron chi connectivity index (χ0n) is 17.5. The molecule has 0 unspecified atom stereocenters. The Balaban J connectivity index is 1.46. The van der Waals surface area contributed by atoms with E-state index in [0.717, 1.165) is 16.6 Å². The largest absolute Gasteiger partial charge is 0.454 e. The molecule has 0 radical (unpaired) electrons. The van der Waals surface area contributed by atoms with Gasteiger partial charge in [0.2, 0.25) is 6.79 Å². The van der Waals surface area contributed by atoms with Crippen LogP contribution >= 0.6 is 12.2 Å². The Labute approximate surface area is 194 Å². The van der Waals surface area contributed by atoms with E-state index >= 15 is 0 Å². The van der Waals surface area contributed by atoms with Crippen molar-refractivity contribution in [2.24, 2.45) is 0 Å². The van der Waals surface area contributed by atoms with Gasteiger partial charge in [0.25, 0.3) is 5.56 Å². The van der Waals surface area contributed by atoms with Gasteiger partial charge >= 0.3 is 0 Å². The SMILES string of the molecule is O=c1[nH]c2cc3c(cc2cc1CN(Cc1ccc(F)cc1)C(=S)Nc1ccccc1)OCO3. The summed E-state index contributed by atoms with van der Waals surface area (Å²) in [6.07, 6.45) is 0. The van der Waals surface area contributed by atoms with E-state index in [2.05, 4.69) is 10.3 Å². The van der Waals surface area contributed by atoms with Crippen molar-refractivity contribution in [2.45, 2.75) is 13.1 Å². The van der Waals surface area contributed by atoms with Crippen LogP contribution in [0.1, 0.15) is 11.1 Å². The minimum atomic E-state index is -0.306. The van der Waals surface area contributed by atoms with Gasteiger partial charge in [-0.2, -0.15) is 0 Å². The molecule has 0 fully saturated rings. The van der Waals surface area contributed by atoms with E-state index in [1.807, 2.05) is 47.4 Å². The molecule has 0 amide bonds. The average Bonchev–Trinajstić information content (AvgIpc) is 3.27. The normalized spacial score (nSPS) is 12.0. The van der Waals surface area contributed by atoms with Crippen LogP contribution in [0.4, 0.5) is 10.1 Å². The number of benzene rings is 3. The van der Waals surface area contributed by atoms with E-state index in [4.69, 9.17) is 21.7 Å².